The summed E-state index contributed by atoms with van der Waals surface area (Å²) < 4.78 is 0. The van der Waals surface area contributed by atoms with E-state index in [0.29, 0.717) is 0 Å². The molecule has 5 aromatic carbocycles. The molecule has 0 aliphatic heterocycles. The minimum atomic E-state index is 1.08. The summed E-state index contributed by atoms with van der Waals surface area (Å²) in [6.45, 7) is 32.3. The summed E-state index contributed by atoms with van der Waals surface area (Å²) in [5, 5.41) is 3.38. The van der Waals surface area contributed by atoms with Gasteiger partial charge in [0.2, 0.25) is 0 Å². The van der Waals surface area contributed by atoms with Crippen LogP contribution in [0.4, 0.5) is 11.4 Å². The Morgan fingerprint density at radius 1 is 0.438 bits per heavy atom. The van der Waals surface area contributed by atoms with E-state index in [9.17, 15) is 0 Å². The summed E-state index contributed by atoms with van der Waals surface area (Å²) in [4.78, 5) is 0. The van der Waals surface area contributed by atoms with E-state index in [-0.39, 0.29) is 0 Å². The van der Waals surface area contributed by atoms with Crippen LogP contribution in [0.2, 0.25) is 0 Å². The number of benzene rings is 5. The van der Waals surface area contributed by atoms with Crippen molar-refractivity contribution in [3.8, 4) is 0 Å². The number of para-hydroxylation sites is 1. The van der Waals surface area contributed by atoms with Crippen molar-refractivity contribution < 1.29 is 0 Å². The van der Waals surface area contributed by atoms with Gasteiger partial charge >= 0.3 is 0 Å². The zero-order valence-corrected chi connectivity index (χ0v) is 32.3. The van der Waals surface area contributed by atoms with Crippen LogP contribution in [0.5, 0.6) is 0 Å². The van der Waals surface area contributed by atoms with Crippen molar-refractivity contribution in [1.82, 2.24) is 0 Å². The van der Waals surface area contributed by atoms with Gasteiger partial charge < -0.3 is 5.32 Å². The zero-order valence-electron chi connectivity index (χ0n) is 32.3. The molecule has 0 atom stereocenters. The molecule has 1 heteroatoms. The third kappa shape index (κ3) is 22.0. The van der Waals surface area contributed by atoms with Crippen LogP contribution in [-0.4, -0.2) is 0 Å². The molecule has 0 amide bonds. The van der Waals surface area contributed by atoms with Gasteiger partial charge in [-0.15, -0.1) is 0 Å². The molecular weight excluding hydrogens is 579 g/mol. The highest BCUT2D eigenvalue weighted by Crippen LogP contribution is 2.21. The summed E-state index contributed by atoms with van der Waals surface area (Å²) in [5.74, 6) is 0. The number of hydrogen-bond donors (Lipinski definition) is 1. The number of hydrogen-bond acceptors (Lipinski definition) is 1. The van der Waals surface area contributed by atoms with Crippen molar-refractivity contribution in [1.29, 1.82) is 0 Å². The monoisotopic (exact) mass is 644 g/mol. The average Bonchev–Trinajstić information content (AvgIpc) is 3.12. The van der Waals surface area contributed by atoms with Gasteiger partial charge in [0.05, 0.1) is 0 Å². The molecule has 258 valence electrons. The standard InChI is InChI=1S/C15H15N.C9H10.2C8H10.C3H8.2C2H6/c1-3-13-6-4-5-7-15(13)16-14-10-8-12(2)9-11-14;1-3-9-7-5-4-6-8(9)2;2*1-7-3-5-8(2)6-4-7;1-3-2;2*1-2/h3-11,16H,1H2,2H3;3-7H,1H2,2H3;2*3-6H,1-2H3;3H2,1-2H3;2*1-2H3. The first kappa shape index (κ1) is 45.5. The summed E-state index contributed by atoms with van der Waals surface area (Å²) in [7, 11) is 0. The Bertz CT molecular complexity index is 1390. The summed E-state index contributed by atoms with van der Waals surface area (Å²) in [6.07, 6.45) is 4.98. The van der Waals surface area contributed by atoms with Crippen molar-refractivity contribution in [2.24, 2.45) is 0 Å². The van der Waals surface area contributed by atoms with E-state index in [1.807, 2.05) is 70.2 Å². The molecule has 0 aliphatic carbocycles. The van der Waals surface area contributed by atoms with E-state index < -0.39 is 0 Å². The van der Waals surface area contributed by atoms with Gasteiger partial charge in [0, 0.05) is 11.4 Å². The second kappa shape index (κ2) is 29.8. The lowest BCUT2D eigenvalue weighted by Gasteiger charge is -2.09. The van der Waals surface area contributed by atoms with E-state index in [0.717, 1.165) is 16.9 Å². The predicted molar refractivity (Wildman–Crippen MR) is 223 cm³/mol. The third-order valence-corrected chi connectivity index (χ3v) is 6.36. The van der Waals surface area contributed by atoms with E-state index in [4.69, 9.17) is 0 Å². The molecule has 0 fully saturated rings. The number of nitrogens with one attached hydrogen (secondary N) is 1. The summed E-state index contributed by atoms with van der Waals surface area (Å²) >= 11 is 0. The maximum absolute atomic E-state index is 3.81. The van der Waals surface area contributed by atoms with Crippen molar-refractivity contribution in [3.05, 3.63) is 179 Å². The van der Waals surface area contributed by atoms with Crippen molar-refractivity contribution in [3.63, 3.8) is 0 Å². The van der Waals surface area contributed by atoms with Gasteiger partial charge in [0.25, 0.3) is 0 Å². The van der Waals surface area contributed by atoms with Crippen molar-refractivity contribution >= 4 is 23.5 Å². The van der Waals surface area contributed by atoms with Gasteiger partial charge in [-0.05, 0) is 76.4 Å². The summed E-state index contributed by atoms with van der Waals surface area (Å²) in [5.41, 5.74) is 12.4. The predicted octanol–water partition coefficient (Wildman–Crippen LogP) is 15.1. The Labute approximate surface area is 296 Å². The molecule has 5 aromatic rings. The normalized spacial score (nSPS) is 8.67. The first-order chi connectivity index (χ1) is 23.1. The van der Waals surface area contributed by atoms with Crippen LogP contribution < -0.4 is 5.32 Å². The van der Waals surface area contributed by atoms with Crippen LogP contribution in [0, 0.1) is 41.5 Å². The molecule has 48 heavy (non-hydrogen) atoms. The molecule has 5 rings (SSSR count). The molecule has 0 saturated heterocycles. The van der Waals surface area contributed by atoms with Crippen LogP contribution >= 0.6 is 0 Å². The van der Waals surface area contributed by atoms with Gasteiger partial charge in [-0.25, -0.2) is 0 Å². The average molecular weight is 644 g/mol. The minimum absolute atomic E-state index is 1.08. The smallest absolute Gasteiger partial charge is 0.0457 e. The Balaban J connectivity index is 0. The molecule has 0 saturated carbocycles. The highest BCUT2D eigenvalue weighted by Gasteiger charge is 1.98. The lowest BCUT2D eigenvalue weighted by atomic mass is 10.1. The van der Waals surface area contributed by atoms with Crippen LogP contribution in [0.25, 0.3) is 12.2 Å². The van der Waals surface area contributed by atoms with Crippen molar-refractivity contribution in [2.45, 2.75) is 89.5 Å². The minimum Gasteiger partial charge on any atom is -0.355 e. The maximum atomic E-state index is 3.81. The molecule has 1 N–H and O–H groups in total. The van der Waals surface area contributed by atoms with Crippen LogP contribution in [-0.2, 0) is 0 Å². The van der Waals surface area contributed by atoms with Gasteiger partial charge in [-0.1, -0.05) is 204 Å². The highest BCUT2D eigenvalue weighted by atomic mass is 14.9. The van der Waals surface area contributed by atoms with Gasteiger partial charge in [-0.2, -0.15) is 0 Å². The zero-order chi connectivity index (χ0) is 36.7. The molecule has 0 radical (unpaired) electrons. The number of aryl methyl sites for hydroxylation is 6. The van der Waals surface area contributed by atoms with Gasteiger partial charge in [0.15, 0.2) is 0 Å². The molecule has 0 aromatic heterocycles. The fourth-order valence-electron chi connectivity index (χ4n) is 3.67. The first-order valence-electron chi connectivity index (χ1n) is 17.4. The van der Waals surface area contributed by atoms with Gasteiger partial charge in [-0.3, -0.25) is 0 Å². The van der Waals surface area contributed by atoms with E-state index in [1.165, 1.54) is 45.4 Å². The van der Waals surface area contributed by atoms with Crippen LogP contribution in [0.15, 0.2) is 134 Å². The number of rotatable bonds is 4. The van der Waals surface area contributed by atoms with E-state index in [1.54, 1.807) is 0 Å². The SMILES string of the molecule is C=Cc1ccccc1C.C=Cc1ccccc1Nc1ccc(C)cc1.CC.CC.CCC.Cc1ccc(C)cc1.Cc1ccc(C)cc1. The Hall–Kier alpha value is -4.62. The first-order valence-corrected chi connectivity index (χ1v) is 17.4. The quantitative estimate of drug-likeness (QED) is 0.205. The second-order valence-corrected chi connectivity index (χ2v) is 10.9. The summed E-state index contributed by atoms with van der Waals surface area (Å²) in [6, 6.07) is 41.6. The molecule has 0 unspecified atom stereocenters. The topological polar surface area (TPSA) is 12.0 Å². The maximum Gasteiger partial charge on any atom is 0.0457 e. The second-order valence-electron chi connectivity index (χ2n) is 10.9. The fourth-order valence-corrected chi connectivity index (χ4v) is 3.67. The Morgan fingerprint density at radius 2 is 0.729 bits per heavy atom. The van der Waals surface area contributed by atoms with Gasteiger partial charge in [0.1, 0.15) is 0 Å². The van der Waals surface area contributed by atoms with E-state index in [2.05, 4.69) is 165 Å². The van der Waals surface area contributed by atoms with E-state index >= 15 is 0 Å². The molecule has 0 heterocycles. The largest absolute Gasteiger partial charge is 0.355 e. The lowest BCUT2D eigenvalue weighted by Crippen LogP contribution is -1.92. The highest BCUT2D eigenvalue weighted by molar-refractivity contribution is 5.71. The molecule has 0 spiro atoms. The molecular formula is C47H65N. The fraction of sp³-hybridized carbons (Fsp3) is 0.277. The molecule has 1 nitrogen and oxygen atoms in total. The van der Waals surface area contributed by atoms with Crippen LogP contribution in [0.1, 0.15) is 92.5 Å². The third-order valence-electron chi connectivity index (χ3n) is 6.36. The lowest BCUT2D eigenvalue weighted by molar-refractivity contribution is 1.09. The number of anilines is 2. The molecule has 0 aliphatic rings. The Kier molecular flexibility index (Phi) is 28.2. The van der Waals surface area contributed by atoms with Crippen LogP contribution in [0.3, 0.4) is 0 Å². The van der Waals surface area contributed by atoms with Crippen molar-refractivity contribution in [2.75, 3.05) is 5.32 Å². The molecule has 0 bridgehead atoms. The Morgan fingerprint density at radius 3 is 1.04 bits per heavy atom.